The van der Waals surface area contributed by atoms with E-state index in [1.807, 2.05) is 12.1 Å². The molecule has 0 aliphatic carbocycles. The Kier molecular flexibility index (Phi) is 2.71. The van der Waals surface area contributed by atoms with Gasteiger partial charge in [-0.25, -0.2) is 0 Å². The van der Waals surface area contributed by atoms with Crippen LogP contribution in [0.3, 0.4) is 0 Å². The first-order valence-corrected chi connectivity index (χ1v) is 5.39. The Morgan fingerprint density at radius 1 is 1.40 bits per heavy atom. The van der Waals surface area contributed by atoms with Crippen LogP contribution < -0.4 is 15.4 Å². The van der Waals surface area contributed by atoms with E-state index in [9.17, 15) is 0 Å². The Balaban J connectivity index is 2.27. The molecular weight excluding hydrogens is 188 g/mol. The van der Waals surface area contributed by atoms with Gasteiger partial charge in [0, 0.05) is 12.6 Å². The minimum atomic E-state index is 0.490. The van der Waals surface area contributed by atoms with Crippen molar-refractivity contribution < 1.29 is 4.74 Å². The average molecular weight is 206 g/mol. The highest BCUT2D eigenvalue weighted by Gasteiger charge is 2.21. The summed E-state index contributed by atoms with van der Waals surface area (Å²) in [4.78, 5) is 0. The van der Waals surface area contributed by atoms with Crippen molar-refractivity contribution in [3.05, 3.63) is 18.2 Å². The first-order chi connectivity index (χ1) is 7.22. The van der Waals surface area contributed by atoms with Crippen molar-refractivity contribution >= 4 is 11.4 Å². The molecule has 1 aromatic rings. The summed E-state index contributed by atoms with van der Waals surface area (Å²) in [6.07, 6.45) is 0. The molecule has 1 aliphatic heterocycles. The van der Waals surface area contributed by atoms with Crippen molar-refractivity contribution in [2.45, 2.75) is 19.9 Å². The van der Waals surface area contributed by atoms with Crippen LogP contribution in [0.2, 0.25) is 0 Å². The fraction of sp³-hybridized carbons (Fsp3) is 0.500. The number of hydrogen-bond donors (Lipinski definition) is 2. The topological polar surface area (TPSA) is 33.3 Å². The predicted octanol–water partition coefficient (Wildman–Crippen LogP) is 2.56. The summed E-state index contributed by atoms with van der Waals surface area (Å²) in [6, 6.07) is 6.56. The van der Waals surface area contributed by atoms with Crippen LogP contribution in [0, 0.1) is 5.92 Å². The normalized spacial score (nSPS) is 19.1. The maximum absolute atomic E-state index is 5.31. The number of para-hydroxylation sites is 1. The molecular formula is C12H18N2O. The molecule has 0 saturated carbocycles. The molecule has 2 rings (SSSR count). The van der Waals surface area contributed by atoms with Gasteiger partial charge < -0.3 is 15.4 Å². The van der Waals surface area contributed by atoms with E-state index in [4.69, 9.17) is 4.74 Å². The van der Waals surface area contributed by atoms with Crippen LogP contribution >= 0.6 is 0 Å². The van der Waals surface area contributed by atoms with E-state index in [-0.39, 0.29) is 0 Å². The number of nitrogens with one attached hydrogen (secondary N) is 2. The van der Waals surface area contributed by atoms with E-state index in [0.717, 1.165) is 23.7 Å². The third kappa shape index (κ3) is 1.87. The quantitative estimate of drug-likeness (QED) is 0.780. The number of benzene rings is 1. The second-order valence-electron chi connectivity index (χ2n) is 4.26. The predicted molar refractivity (Wildman–Crippen MR) is 63.7 cm³/mol. The number of methoxy groups -OCH3 is 1. The van der Waals surface area contributed by atoms with E-state index < -0.39 is 0 Å². The standard InChI is InChI=1S/C12H18N2O/c1-8(2)10-7-13-12-9(14-10)5-4-6-11(12)15-3/h4-6,8,10,13-14H,7H2,1-3H3. The van der Waals surface area contributed by atoms with E-state index >= 15 is 0 Å². The highest BCUT2D eigenvalue weighted by molar-refractivity contribution is 5.77. The summed E-state index contributed by atoms with van der Waals surface area (Å²) in [5.41, 5.74) is 2.22. The summed E-state index contributed by atoms with van der Waals surface area (Å²) in [7, 11) is 1.70. The van der Waals surface area contributed by atoms with E-state index in [1.165, 1.54) is 0 Å². The summed E-state index contributed by atoms with van der Waals surface area (Å²) < 4.78 is 5.31. The van der Waals surface area contributed by atoms with Crippen molar-refractivity contribution in [3.8, 4) is 5.75 Å². The zero-order chi connectivity index (χ0) is 10.8. The summed E-state index contributed by atoms with van der Waals surface area (Å²) in [5.74, 6) is 1.53. The van der Waals surface area contributed by atoms with E-state index in [0.29, 0.717) is 12.0 Å². The van der Waals surface area contributed by atoms with E-state index in [2.05, 4.69) is 30.5 Å². The smallest absolute Gasteiger partial charge is 0.144 e. The molecule has 82 valence electrons. The highest BCUT2D eigenvalue weighted by Crippen LogP contribution is 2.35. The number of fused-ring (bicyclic) bond motifs is 1. The Hall–Kier alpha value is -1.38. The van der Waals surface area contributed by atoms with Crippen LogP contribution in [0.1, 0.15) is 13.8 Å². The average Bonchev–Trinajstić information content (AvgIpc) is 2.27. The largest absolute Gasteiger partial charge is 0.495 e. The van der Waals surface area contributed by atoms with Gasteiger partial charge in [0.25, 0.3) is 0 Å². The minimum absolute atomic E-state index is 0.490. The molecule has 3 heteroatoms. The minimum Gasteiger partial charge on any atom is -0.495 e. The lowest BCUT2D eigenvalue weighted by Gasteiger charge is -2.31. The van der Waals surface area contributed by atoms with Crippen molar-refractivity contribution in [3.63, 3.8) is 0 Å². The van der Waals surface area contributed by atoms with Gasteiger partial charge in [0.15, 0.2) is 0 Å². The number of anilines is 2. The third-order valence-electron chi connectivity index (χ3n) is 2.89. The maximum atomic E-state index is 5.31. The van der Waals surface area contributed by atoms with Crippen molar-refractivity contribution in [2.24, 2.45) is 5.92 Å². The van der Waals surface area contributed by atoms with Crippen LogP contribution in [0.5, 0.6) is 5.75 Å². The second kappa shape index (κ2) is 4.01. The molecule has 2 N–H and O–H groups in total. The van der Waals surface area contributed by atoms with Gasteiger partial charge in [-0.1, -0.05) is 19.9 Å². The van der Waals surface area contributed by atoms with Crippen molar-refractivity contribution in [1.29, 1.82) is 0 Å². The molecule has 0 spiro atoms. The van der Waals surface area contributed by atoms with E-state index in [1.54, 1.807) is 7.11 Å². The van der Waals surface area contributed by atoms with Gasteiger partial charge in [0.1, 0.15) is 11.4 Å². The summed E-state index contributed by atoms with van der Waals surface area (Å²) in [6.45, 7) is 5.40. The Labute approximate surface area is 90.8 Å². The highest BCUT2D eigenvalue weighted by atomic mass is 16.5. The van der Waals surface area contributed by atoms with Gasteiger partial charge >= 0.3 is 0 Å². The zero-order valence-electron chi connectivity index (χ0n) is 9.50. The van der Waals surface area contributed by atoms with Crippen LogP contribution in [0.25, 0.3) is 0 Å². The lowest BCUT2D eigenvalue weighted by atomic mass is 10.0. The van der Waals surface area contributed by atoms with Crippen LogP contribution in [-0.4, -0.2) is 19.7 Å². The number of rotatable bonds is 2. The Morgan fingerprint density at radius 3 is 2.87 bits per heavy atom. The van der Waals surface area contributed by atoms with Gasteiger partial charge in [-0.2, -0.15) is 0 Å². The molecule has 3 nitrogen and oxygen atoms in total. The molecule has 0 bridgehead atoms. The molecule has 0 amide bonds. The molecule has 0 fully saturated rings. The molecule has 0 aromatic heterocycles. The molecule has 1 atom stereocenters. The van der Waals surface area contributed by atoms with Gasteiger partial charge in [0.2, 0.25) is 0 Å². The molecule has 1 unspecified atom stereocenters. The fourth-order valence-electron chi connectivity index (χ4n) is 1.87. The Morgan fingerprint density at radius 2 is 2.20 bits per heavy atom. The first kappa shape index (κ1) is 10.1. The van der Waals surface area contributed by atoms with Gasteiger partial charge in [-0.15, -0.1) is 0 Å². The number of ether oxygens (including phenoxy) is 1. The van der Waals surface area contributed by atoms with Crippen molar-refractivity contribution in [2.75, 3.05) is 24.3 Å². The van der Waals surface area contributed by atoms with Gasteiger partial charge in [0.05, 0.1) is 12.8 Å². The lowest BCUT2D eigenvalue weighted by Crippen LogP contribution is -2.37. The monoisotopic (exact) mass is 206 g/mol. The molecule has 0 saturated heterocycles. The Bertz CT molecular complexity index is 349. The molecule has 1 heterocycles. The van der Waals surface area contributed by atoms with Crippen LogP contribution in [0.15, 0.2) is 18.2 Å². The SMILES string of the molecule is COc1cccc2c1NCC(C(C)C)N2. The van der Waals surface area contributed by atoms with Gasteiger partial charge in [-0.3, -0.25) is 0 Å². The maximum Gasteiger partial charge on any atom is 0.144 e. The first-order valence-electron chi connectivity index (χ1n) is 5.39. The zero-order valence-corrected chi connectivity index (χ0v) is 9.50. The third-order valence-corrected chi connectivity index (χ3v) is 2.89. The second-order valence-corrected chi connectivity index (χ2v) is 4.26. The molecule has 0 radical (unpaired) electrons. The molecule has 1 aliphatic rings. The summed E-state index contributed by atoms with van der Waals surface area (Å²) >= 11 is 0. The number of hydrogen-bond acceptors (Lipinski definition) is 3. The molecule has 1 aromatic carbocycles. The van der Waals surface area contributed by atoms with Crippen LogP contribution in [0.4, 0.5) is 11.4 Å². The molecule has 15 heavy (non-hydrogen) atoms. The van der Waals surface area contributed by atoms with Gasteiger partial charge in [-0.05, 0) is 18.1 Å². The van der Waals surface area contributed by atoms with Crippen LogP contribution in [-0.2, 0) is 0 Å². The van der Waals surface area contributed by atoms with Crippen molar-refractivity contribution in [1.82, 2.24) is 0 Å². The fourth-order valence-corrected chi connectivity index (χ4v) is 1.87. The lowest BCUT2D eigenvalue weighted by molar-refractivity contribution is 0.415. The summed E-state index contributed by atoms with van der Waals surface area (Å²) in [5, 5.41) is 6.95.